The van der Waals surface area contributed by atoms with E-state index in [2.05, 4.69) is 65.1 Å². The summed E-state index contributed by atoms with van der Waals surface area (Å²) in [5, 5.41) is 8.22. The third kappa shape index (κ3) is 5.07. The number of nitrogens with one attached hydrogen (secondary N) is 3. The van der Waals surface area contributed by atoms with Crippen LogP contribution in [0.25, 0.3) is 10.9 Å². The van der Waals surface area contributed by atoms with Gasteiger partial charge in [-0.2, -0.15) is 0 Å². The van der Waals surface area contributed by atoms with Crippen LogP contribution in [-0.4, -0.2) is 50.9 Å². The topological polar surface area (TPSA) is 70.7 Å². The fourth-order valence-electron chi connectivity index (χ4n) is 4.47. The first-order valence-electron chi connectivity index (χ1n) is 11.5. The number of rotatable bonds is 8. The number of hydrogen-bond acceptors (Lipinski definition) is 3. The van der Waals surface area contributed by atoms with Gasteiger partial charge in [0.1, 0.15) is 5.75 Å². The van der Waals surface area contributed by atoms with Gasteiger partial charge in [-0.1, -0.05) is 30.3 Å². The zero-order chi connectivity index (χ0) is 22.2. The second kappa shape index (κ2) is 10.6. The summed E-state index contributed by atoms with van der Waals surface area (Å²) in [5.74, 6) is 1.75. The van der Waals surface area contributed by atoms with E-state index in [-0.39, 0.29) is 5.41 Å². The van der Waals surface area contributed by atoms with Crippen molar-refractivity contribution in [2.75, 3.05) is 40.0 Å². The number of aliphatic imine (C=N–C) groups is 1. The van der Waals surface area contributed by atoms with Crippen molar-refractivity contribution in [3.63, 3.8) is 0 Å². The van der Waals surface area contributed by atoms with Crippen LogP contribution in [0.1, 0.15) is 30.9 Å². The molecule has 0 aliphatic carbocycles. The van der Waals surface area contributed by atoms with Gasteiger partial charge in [-0.25, -0.2) is 0 Å². The Morgan fingerprint density at radius 3 is 2.62 bits per heavy atom. The summed E-state index contributed by atoms with van der Waals surface area (Å²) in [5.41, 5.74) is 3.80. The van der Waals surface area contributed by atoms with Crippen molar-refractivity contribution < 1.29 is 9.47 Å². The van der Waals surface area contributed by atoms with Crippen LogP contribution in [0.15, 0.2) is 59.7 Å². The van der Waals surface area contributed by atoms with Crippen molar-refractivity contribution in [1.82, 2.24) is 15.6 Å². The van der Waals surface area contributed by atoms with E-state index in [0.717, 1.165) is 63.8 Å². The Labute approximate surface area is 190 Å². The first-order valence-corrected chi connectivity index (χ1v) is 11.5. The Kier molecular flexibility index (Phi) is 7.32. The first-order chi connectivity index (χ1) is 15.7. The second-order valence-electron chi connectivity index (χ2n) is 8.35. The van der Waals surface area contributed by atoms with E-state index in [1.807, 2.05) is 12.1 Å². The van der Waals surface area contributed by atoms with Gasteiger partial charge in [0, 0.05) is 48.8 Å². The van der Waals surface area contributed by atoms with Crippen LogP contribution in [0.2, 0.25) is 0 Å². The molecule has 6 heteroatoms. The van der Waals surface area contributed by atoms with Crippen molar-refractivity contribution in [3.05, 3.63) is 65.9 Å². The quantitative estimate of drug-likeness (QED) is 0.370. The molecule has 0 radical (unpaired) electrons. The lowest BCUT2D eigenvalue weighted by Crippen LogP contribution is -2.41. The van der Waals surface area contributed by atoms with E-state index in [4.69, 9.17) is 14.5 Å². The molecule has 3 N–H and O–H groups in total. The lowest BCUT2D eigenvalue weighted by Gasteiger charge is -2.36. The summed E-state index contributed by atoms with van der Waals surface area (Å²) in [6, 6.07) is 16.9. The van der Waals surface area contributed by atoms with Crippen LogP contribution in [0.4, 0.5) is 0 Å². The van der Waals surface area contributed by atoms with Gasteiger partial charge in [-0.3, -0.25) is 4.99 Å². The first kappa shape index (κ1) is 22.2. The van der Waals surface area contributed by atoms with E-state index in [1.54, 1.807) is 7.11 Å². The Morgan fingerprint density at radius 1 is 1.09 bits per heavy atom. The largest absolute Gasteiger partial charge is 0.497 e. The maximum Gasteiger partial charge on any atom is 0.191 e. The molecule has 0 spiro atoms. The predicted molar refractivity (Wildman–Crippen MR) is 131 cm³/mol. The number of para-hydroxylation sites is 1. The van der Waals surface area contributed by atoms with E-state index in [0.29, 0.717) is 0 Å². The molecule has 0 saturated carbocycles. The Morgan fingerprint density at radius 2 is 1.88 bits per heavy atom. The summed E-state index contributed by atoms with van der Waals surface area (Å²) >= 11 is 0. The number of H-pyrrole nitrogens is 1. The molecule has 1 saturated heterocycles. The third-order valence-electron chi connectivity index (χ3n) is 6.40. The Hall–Kier alpha value is -2.99. The lowest BCUT2D eigenvalue weighted by molar-refractivity contribution is 0.0531. The number of guanidine groups is 1. The number of benzene rings is 2. The molecule has 1 aromatic heterocycles. The molecule has 0 bridgehead atoms. The van der Waals surface area contributed by atoms with E-state index < -0.39 is 0 Å². The average molecular weight is 435 g/mol. The Balaban J connectivity index is 1.44. The fraction of sp³-hybridized carbons (Fsp3) is 0.423. The van der Waals surface area contributed by atoms with Crippen molar-refractivity contribution in [1.29, 1.82) is 0 Å². The monoisotopic (exact) mass is 434 g/mol. The van der Waals surface area contributed by atoms with Crippen LogP contribution in [0.3, 0.4) is 0 Å². The number of fused-ring (bicyclic) bond motifs is 1. The van der Waals surface area contributed by atoms with Crippen molar-refractivity contribution in [3.8, 4) is 5.75 Å². The smallest absolute Gasteiger partial charge is 0.191 e. The number of aromatic amines is 1. The molecule has 1 aliphatic rings. The molecular weight excluding hydrogens is 400 g/mol. The molecule has 170 valence electrons. The minimum absolute atomic E-state index is 0.0102. The van der Waals surface area contributed by atoms with Crippen LogP contribution < -0.4 is 15.4 Å². The number of nitrogens with zero attached hydrogens (tertiary/aromatic N) is 1. The summed E-state index contributed by atoms with van der Waals surface area (Å²) in [4.78, 5) is 8.37. The van der Waals surface area contributed by atoms with Gasteiger partial charge in [0.2, 0.25) is 0 Å². The molecular formula is C26H34N4O2. The van der Waals surface area contributed by atoms with Gasteiger partial charge >= 0.3 is 0 Å². The molecule has 32 heavy (non-hydrogen) atoms. The highest BCUT2D eigenvalue weighted by molar-refractivity contribution is 5.83. The van der Waals surface area contributed by atoms with Crippen molar-refractivity contribution >= 4 is 16.9 Å². The lowest BCUT2D eigenvalue weighted by atomic mass is 9.74. The van der Waals surface area contributed by atoms with Crippen LogP contribution >= 0.6 is 0 Å². The van der Waals surface area contributed by atoms with E-state index in [1.165, 1.54) is 22.0 Å². The van der Waals surface area contributed by atoms with Gasteiger partial charge < -0.3 is 25.1 Å². The zero-order valence-electron chi connectivity index (χ0n) is 19.1. The van der Waals surface area contributed by atoms with Gasteiger partial charge in [0.25, 0.3) is 0 Å². The molecule has 1 aliphatic heterocycles. The van der Waals surface area contributed by atoms with Crippen molar-refractivity contribution in [2.45, 2.75) is 31.6 Å². The van der Waals surface area contributed by atoms with Gasteiger partial charge in [-0.05, 0) is 55.5 Å². The minimum Gasteiger partial charge on any atom is -0.497 e. The number of aromatic nitrogens is 1. The molecule has 6 nitrogen and oxygen atoms in total. The van der Waals surface area contributed by atoms with Crippen LogP contribution in [0.5, 0.6) is 5.75 Å². The maximum absolute atomic E-state index is 5.68. The molecule has 0 unspecified atom stereocenters. The SMILES string of the molecule is CCNC(=NCC1(c2ccc(OC)cc2)CCOCC1)NCCc1c[nH]c2ccccc12. The molecule has 2 heterocycles. The summed E-state index contributed by atoms with van der Waals surface area (Å²) in [7, 11) is 1.70. The van der Waals surface area contributed by atoms with Gasteiger partial charge in [0.15, 0.2) is 5.96 Å². The average Bonchev–Trinajstić information content (AvgIpc) is 3.26. The molecule has 2 aromatic carbocycles. The molecule has 0 amide bonds. The van der Waals surface area contributed by atoms with E-state index in [9.17, 15) is 0 Å². The zero-order valence-corrected chi connectivity index (χ0v) is 19.1. The molecule has 0 atom stereocenters. The number of methoxy groups -OCH3 is 1. The highest BCUT2D eigenvalue weighted by Gasteiger charge is 2.34. The second-order valence-corrected chi connectivity index (χ2v) is 8.35. The third-order valence-corrected chi connectivity index (χ3v) is 6.40. The normalized spacial score (nSPS) is 16.1. The number of hydrogen-bond donors (Lipinski definition) is 3. The van der Waals surface area contributed by atoms with Gasteiger partial charge in [0.05, 0.1) is 13.7 Å². The predicted octanol–water partition coefficient (Wildman–Crippen LogP) is 4.02. The molecule has 3 aromatic rings. The summed E-state index contributed by atoms with van der Waals surface area (Å²) in [6.45, 7) is 6.03. The number of ether oxygens (including phenoxy) is 2. The maximum atomic E-state index is 5.68. The highest BCUT2D eigenvalue weighted by Crippen LogP contribution is 2.36. The standard InChI is InChI=1S/C26H34N4O2/c1-3-27-25(28-15-12-20-18-29-24-7-5-4-6-23(20)24)30-19-26(13-16-32-17-14-26)21-8-10-22(31-2)11-9-21/h4-11,18,29H,3,12-17,19H2,1-2H3,(H2,27,28,30). The van der Waals surface area contributed by atoms with Crippen LogP contribution in [-0.2, 0) is 16.6 Å². The molecule has 4 rings (SSSR count). The van der Waals surface area contributed by atoms with Crippen LogP contribution in [0, 0.1) is 0 Å². The summed E-state index contributed by atoms with van der Waals surface area (Å²) in [6.07, 6.45) is 4.98. The minimum atomic E-state index is -0.0102. The molecule has 1 fully saturated rings. The van der Waals surface area contributed by atoms with Gasteiger partial charge in [-0.15, -0.1) is 0 Å². The van der Waals surface area contributed by atoms with Crippen molar-refractivity contribution in [2.24, 2.45) is 4.99 Å². The highest BCUT2D eigenvalue weighted by atomic mass is 16.5. The van der Waals surface area contributed by atoms with E-state index >= 15 is 0 Å². The summed E-state index contributed by atoms with van der Waals surface area (Å²) < 4.78 is 11.0. The fourth-order valence-corrected chi connectivity index (χ4v) is 4.47. The Bertz CT molecular complexity index is 1020.